The molecule has 0 atom stereocenters. The summed E-state index contributed by atoms with van der Waals surface area (Å²) in [5, 5.41) is 0. The van der Waals surface area contributed by atoms with Crippen molar-refractivity contribution in [2.24, 2.45) is 0 Å². The van der Waals surface area contributed by atoms with Gasteiger partial charge in [0.1, 0.15) is 0 Å². The van der Waals surface area contributed by atoms with Crippen molar-refractivity contribution in [1.29, 1.82) is 0 Å². The molecular weight excluding hydrogens is 222 g/mol. The van der Waals surface area contributed by atoms with Crippen molar-refractivity contribution in [2.45, 2.75) is 12.8 Å². The molecule has 0 radical (unpaired) electrons. The molecule has 0 unspecified atom stereocenters. The zero-order chi connectivity index (χ0) is 11.7. The van der Waals surface area contributed by atoms with Crippen LogP contribution in [0.2, 0.25) is 0 Å². The Hall–Kier alpha value is -1.79. The number of pyridine rings is 1. The average Bonchev–Trinajstić information content (AvgIpc) is 2.86. The van der Waals surface area contributed by atoms with Gasteiger partial charge in [-0.1, -0.05) is 0 Å². The van der Waals surface area contributed by atoms with Gasteiger partial charge in [0.2, 0.25) is 0 Å². The predicted molar refractivity (Wildman–Crippen MR) is 59.5 cm³/mol. The van der Waals surface area contributed by atoms with Crippen LogP contribution in [0.15, 0.2) is 29.5 Å². The average molecular weight is 233 g/mol. The van der Waals surface area contributed by atoms with Gasteiger partial charge in [-0.25, -0.2) is 4.98 Å². The van der Waals surface area contributed by atoms with Crippen molar-refractivity contribution in [3.8, 4) is 0 Å². The van der Waals surface area contributed by atoms with Crippen LogP contribution in [0.25, 0.3) is 11.0 Å². The number of aromatic nitrogens is 3. The molecule has 6 nitrogen and oxygen atoms in total. The molecule has 0 bridgehead atoms. The highest BCUT2D eigenvalue weighted by molar-refractivity contribution is 5.72. The molecule has 3 rings (SSSR count). The number of hydrogen-bond acceptors (Lipinski definition) is 5. The number of fused-ring (bicyclic) bond motifs is 1. The van der Waals surface area contributed by atoms with Gasteiger partial charge in [-0.05, 0) is 6.07 Å². The molecule has 17 heavy (non-hydrogen) atoms. The molecule has 0 amide bonds. The van der Waals surface area contributed by atoms with E-state index in [4.69, 9.17) is 9.47 Å². The minimum absolute atomic E-state index is 0.176. The minimum Gasteiger partial charge on any atom is -0.348 e. The molecule has 88 valence electrons. The summed E-state index contributed by atoms with van der Waals surface area (Å²) in [4.78, 5) is 19.9. The monoisotopic (exact) mass is 233 g/mol. The van der Waals surface area contributed by atoms with Gasteiger partial charge in [-0.15, -0.1) is 0 Å². The molecular formula is C11H11N3O3. The third kappa shape index (κ3) is 1.92. The van der Waals surface area contributed by atoms with E-state index in [2.05, 4.69) is 9.97 Å². The Kier molecular flexibility index (Phi) is 2.58. The van der Waals surface area contributed by atoms with Gasteiger partial charge >= 0.3 is 0 Å². The van der Waals surface area contributed by atoms with E-state index in [1.165, 1.54) is 6.20 Å². The topological polar surface area (TPSA) is 66.2 Å². The standard InChI is InChI=1S/C11H11N3O3/c15-10-6-13-8-1-2-12-5-9(8)14(10)7-11-16-3-4-17-11/h1-2,5-6,11H,3-4,7H2. The highest BCUT2D eigenvalue weighted by Crippen LogP contribution is 2.10. The van der Waals surface area contributed by atoms with Crippen LogP contribution in [-0.2, 0) is 16.0 Å². The first kappa shape index (κ1) is 10.4. The van der Waals surface area contributed by atoms with Crippen LogP contribution >= 0.6 is 0 Å². The molecule has 1 aliphatic rings. The van der Waals surface area contributed by atoms with Gasteiger partial charge in [0.05, 0.1) is 43.2 Å². The summed E-state index contributed by atoms with van der Waals surface area (Å²) < 4.78 is 12.3. The lowest BCUT2D eigenvalue weighted by Gasteiger charge is -2.12. The van der Waals surface area contributed by atoms with E-state index in [0.717, 1.165) is 5.52 Å². The maximum Gasteiger partial charge on any atom is 0.269 e. The molecule has 0 saturated carbocycles. The van der Waals surface area contributed by atoms with Crippen LogP contribution in [0.3, 0.4) is 0 Å². The summed E-state index contributed by atoms with van der Waals surface area (Å²) in [7, 11) is 0. The SMILES string of the molecule is O=c1cnc2ccncc2n1CC1OCCO1. The van der Waals surface area contributed by atoms with E-state index in [1.54, 1.807) is 23.0 Å². The summed E-state index contributed by atoms with van der Waals surface area (Å²) in [6.07, 6.45) is 4.21. The zero-order valence-corrected chi connectivity index (χ0v) is 9.07. The molecule has 2 aromatic heterocycles. The van der Waals surface area contributed by atoms with E-state index < -0.39 is 0 Å². The van der Waals surface area contributed by atoms with Crippen molar-refractivity contribution in [2.75, 3.05) is 13.2 Å². The number of rotatable bonds is 2. The van der Waals surface area contributed by atoms with Gasteiger partial charge in [0.25, 0.3) is 5.56 Å². The molecule has 1 saturated heterocycles. The highest BCUT2D eigenvalue weighted by atomic mass is 16.7. The van der Waals surface area contributed by atoms with Crippen LogP contribution in [0.4, 0.5) is 0 Å². The van der Waals surface area contributed by atoms with Gasteiger partial charge < -0.3 is 9.47 Å². The quantitative estimate of drug-likeness (QED) is 0.739. The first-order valence-electron chi connectivity index (χ1n) is 5.37. The summed E-state index contributed by atoms with van der Waals surface area (Å²) in [6.45, 7) is 1.50. The maximum absolute atomic E-state index is 11.8. The van der Waals surface area contributed by atoms with Crippen molar-refractivity contribution in [3.05, 3.63) is 35.0 Å². The van der Waals surface area contributed by atoms with Crippen molar-refractivity contribution >= 4 is 11.0 Å². The van der Waals surface area contributed by atoms with Crippen LogP contribution in [0.5, 0.6) is 0 Å². The second-order valence-electron chi connectivity index (χ2n) is 3.74. The number of hydrogen-bond donors (Lipinski definition) is 0. The summed E-state index contributed by atoms with van der Waals surface area (Å²) in [6, 6.07) is 1.77. The maximum atomic E-state index is 11.8. The summed E-state index contributed by atoms with van der Waals surface area (Å²) in [5.74, 6) is 0. The van der Waals surface area contributed by atoms with E-state index in [-0.39, 0.29) is 11.8 Å². The second kappa shape index (κ2) is 4.23. The smallest absolute Gasteiger partial charge is 0.269 e. The third-order valence-electron chi connectivity index (χ3n) is 2.67. The van der Waals surface area contributed by atoms with Gasteiger partial charge in [0.15, 0.2) is 6.29 Å². The molecule has 0 aliphatic carbocycles. The van der Waals surface area contributed by atoms with Crippen LogP contribution < -0.4 is 5.56 Å². The molecule has 3 heterocycles. The van der Waals surface area contributed by atoms with Crippen molar-refractivity contribution < 1.29 is 9.47 Å². The fraction of sp³-hybridized carbons (Fsp3) is 0.364. The Morgan fingerprint density at radius 3 is 3.00 bits per heavy atom. The van der Waals surface area contributed by atoms with Crippen molar-refractivity contribution in [3.63, 3.8) is 0 Å². The van der Waals surface area contributed by atoms with Gasteiger partial charge in [-0.2, -0.15) is 0 Å². The summed E-state index contributed by atoms with van der Waals surface area (Å²) in [5.41, 5.74) is 1.25. The van der Waals surface area contributed by atoms with Crippen LogP contribution in [0.1, 0.15) is 0 Å². The first-order chi connectivity index (χ1) is 8.34. The van der Waals surface area contributed by atoms with Crippen molar-refractivity contribution in [1.82, 2.24) is 14.5 Å². The zero-order valence-electron chi connectivity index (χ0n) is 9.07. The molecule has 2 aromatic rings. The molecule has 0 aromatic carbocycles. The predicted octanol–water partition coefficient (Wildman–Crippen LogP) is 0.164. The number of ether oxygens (including phenoxy) is 2. The van der Waals surface area contributed by atoms with Gasteiger partial charge in [-0.3, -0.25) is 14.3 Å². The lowest BCUT2D eigenvalue weighted by Crippen LogP contribution is -2.27. The lowest BCUT2D eigenvalue weighted by molar-refractivity contribution is -0.0523. The first-order valence-corrected chi connectivity index (χ1v) is 5.37. The van der Waals surface area contributed by atoms with Gasteiger partial charge in [0, 0.05) is 6.20 Å². The molecule has 0 spiro atoms. The lowest BCUT2D eigenvalue weighted by atomic mass is 10.3. The van der Waals surface area contributed by atoms with E-state index in [1.807, 2.05) is 0 Å². The van der Waals surface area contributed by atoms with E-state index >= 15 is 0 Å². The Morgan fingerprint density at radius 1 is 1.35 bits per heavy atom. The largest absolute Gasteiger partial charge is 0.348 e. The Morgan fingerprint density at radius 2 is 2.18 bits per heavy atom. The fourth-order valence-electron chi connectivity index (χ4n) is 1.86. The Bertz CT molecular complexity index is 590. The van der Waals surface area contributed by atoms with E-state index in [9.17, 15) is 4.79 Å². The Balaban J connectivity index is 2.06. The second-order valence-corrected chi connectivity index (χ2v) is 3.74. The highest BCUT2D eigenvalue weighted by Gasteiger charge is 2.18. The van der Waals surface area contributed by atoms with Crippen LogP contribution in [-0.4, -0.2) is 34.0 Å². The molecule has 1 aliphatic heterocycles. The molecule has 6 heteroatoms. The van der Waals surface area contributed by atoms with Crippen LogP contribution in [0, 0.1) is 0 Å². The fourth-order valence-corrected chi connectivity index (χ4v) is 1.86. The molecule has 0 N–H and O–H groups in total. The van der Waals surface area contributed by atoms with E-state index in [0.29, 0.717) is 25.3 Å². The molecule has 1 fully saturated rings. The Labute approximate surface area is 96.8 Å². The number of nitrogens with zero attached hydrogens (tertiary/aromatic N) is 3. The summed E-state index contributed by atoms with van der Waals surface area (Å²) >= 11 is 0. The minimum atomic E-state index is -0.362. The third-order valence-corrected chi connectivity index (χ3v) is 2.67. The normalized spacial score (nSPS) is 16.7.